The van der Waals surface area contributed by atoms with Gasteiger partial charge in [-0.3, -0.25) is 10.1 Å². The van der Waals surface area contributed by atoms with Gasteiger partial charge >= 0.3 is 11.9 Å². The molecule has 26 heavy (non-hydrogen) atoms. The van der Waals surface area contributed by atoms with E-state index in [2.05, 4.69) is 21.8 Å². The summed E-state index contributed by atoms with van der Waals surface area (Å²) in [4.78, 5) is 14.7. The number of alkyl halides is 2. The first-order valence-corrected chi connectivity index (χ1v) is 7.53. The smallest absolute Gasteiger partial charge is 0.379 e. The Balaban J connectivity index is 1.89. The summed E-state index contributed by atoms with van der Waals surface area (Å²) in [5.74, 6) is -5.68. The number of nitrogens with one attached hydrogen (secondary N) is 1. The van der Waals surface area contributed by atoms with Gasteiger partial charge < -0.3 is 9.84 Å². The molecule has 0 aliphatic carbocycles. The Morgan fingerprint density at radius 1 is 1.42 bits per heavy atom. The summed E-state index contributed by atoms with van der Waals surface area (Å²) in [7, 11) is 0. The van der Waals surface area contributed by atoms with Crippen LogP contribution in [0.1, 0.15) is 6.92 Å². The van der Waals surface area contributed by atoms with Crippen LogP contribution in [0.5, 0.6) is 5.75 Å². The van der Waals surface area contributed by atoms with Crippen LogP contribution in [0.2, 0.25) is 0 Å². The van der Waals surface area contributed by atoms with Gasteiger partial charge in [-0.25, -0.2) is 4.79 Å². The maximum atomic E-state index is 13.2. The van der Waals surface area contributed by atoms with Crippen molar-refractivity contribution < 1.29 is 23.4 Å². The molecule has 0 amide bonds. The Bertz CT molecular complexity index is 826. The van der Waals surface area contributed by atoms with Gasteiger partial charge in [0.15, 0.2) is 0 Å². The third kappa shape index (κ3) is 4.85. The number of pyridine rings is 1. The standard InChI is InChI=1S/C18H17F2N3O3/c1-12(4-3-5-13(2)18(19,20)17(24)25)11-26-14-6-7-15(21-10-14)16-8-9-22-23-16/h3-10H,2,11H2,1H3,(H,22,23)(H,24,25)/b5-3-,12-4+. The number of allylic oxidation sites excluding steroid dienone is 3. The van der Waals surface area contributed by atoms with Gasteiger partial charge in [0.05, 0.1) is 17.6 Å². The van der Waals surface area contributed by atoms with Crippen LogP contribution in [0.15, 0.2) is 66.5 Å². The number of halogens is 2. The molecule has 2 heterocycles. The lowest BCUT2D eigenvalue weighted by atomic mass is 10.1. The summed E-state index contributed by atoms with van der Waals surface area (Å²) in [5.41, 5.74) is 1.46. The topological polar surface area (TPSA) is 88.1 Å². The summed E-state index contributed by atoms with van der Waals surface area (Å²) in [6.07, 6.45) is 6.99. The number of aromatic amines is 1. The van der Waals surface area contributed by atoms with Crippen molar-refractivity contribution in [2.75, 3.05) is 6.61 Å². The van der Waals surface area contributed by atoms with E-state index in [1.165, 1.54) is 12.2 Å². The highest BCUT2D eigenvalue weighted by molar-refractivity contribution is 5.80. The van der Waals surface area contributed by atoms with E-state index in [4.69, 9.17) is 9.84 Å². The minimum absolute atomic E-state index is 0.219. The highest BCUT2D eigenvalue weighted by Gasteiger charge is 2.40. The summed E-state index contributed by atoms with van der Waals surface area (Å²) in [6.45, 7) is 5.04. The minimum Gasteiger partial charge on any atom is -0.488 e. The van der Waals surface area contributed by atoms with Crippen molar-refractivity contribution in [3.63, 3.8) is 0 Å². The molecular formula is C18H17F2N3O3. The van der Waals surface area contributed by atoms with Gasteiger partial charge in [0, 0.05) is 11.8 Å². The molecule has 2 rings (SSSR count). The van der Waals surface area contributed by atoms with E-state index in [1.807, 2.05) is 0 Å². The fourth-order valence-electron chi connectivity index (χ4n) is 1.84. The molecule has 0 aliphatic rings. The van der Waals surface area contributed by atoms with Crippen LogP contribution in [-0.4, -0.2) is 38.8 Å². The second-order valence-corrected chi connectivity index (χ2v) is 5.42. The number of rotatable bonds is 8. The van der Waals surface area contributed by atoms with E-state index in [0.29, 0.717) is 5.75 Å². The molecule has 136 valence electrons. The number of carbonyl (C=O) groups is 1. The van der Waals surface area contributed by atoms with Crippen molar-refractivity contribution in [3.05, 3.63) is 66.5 Å². The lowest BCUT2D eigenvalue weighted by molar-refractivity contribution is -0.158. The van der Waals surface area contributed by atoms with E-state index >= 15 is 0 Å². The van der Waals surface area contributed by atoms with Crippen LogP contribution >= 0.6 is 0 Å². The third-order valence-electron chi connectivity index (χ3n) is 3.33. The van der Waals surface area contributed by atoms with Crippen molar-refractivity contribution >= 4 is 5.97 Å². The summed E-state index contributed by atoms with van der Waals surface area (Å²) >= 11 is 0. The van der Waals surface area contributed by atoms with Gasteiger partial charge in [-0.15, -0.1) is 0 Å². The van der Waals surface area contributed by atoms with Crippen LogP contribution in [0.3, 0.4) is 0 Å². The highest BCUT2D eigenvalue weighted by Crippen LogP contribution is 2.24. The van der Waals surface area contributed by atoms with Crippen molar-refractivity contribution in [1.82, 2.24) is 15.2 Å². The van der Waals surface area contributed by atoms with Gasteiger partial charge in [0.25, 0.3) is 0 Å². The molecule has 6 nitrogen and oxygen atoms in total. The molecule has 0 aromatic carbocycles. The monoisotopic (exact) mass is 361 g/mol. The zero-order valence-corrected chi connectivity index (χ0v) is 13.9. The molecule has 0 saturated carbocycles. The van der Waals surface area contributed by atoms with Crippen LogP contribution in [0.4, 0.5) is 8.78 Å². The number of carboxylic acid groups (broad SMARTS) is 1. The van der Waals surface area contributed by atoms with Gasteiger partial charge in [-0.1, -0.05) is 24.8 Å². The Morgan fingerprint density at radius 2 is 2.19 bits per heavy atom. The maximum Gasteiger partial charge on any atom is 0.379 e. The van der Waals surface area contributed by atoms with Crippen LogP contribution in [0, 0.1) is 0 Å². The van der Waals surface area contributed by atoms with Crippen LogP contribution in [0.25, 0.3) is 11.4 Å². The first-order valence-electron chi connectivity index (χ1n) is 7.53. The molecule has 0 unspecified atom stereocenters. The third-order valence-corrected chi connectivity index (χ3v) is 3.33. The molecule has 0 bridgehead atoms. The Morgan fingerprint density at radius 3 is 2.77 bits per heavy atom. The van der Waals surface area contributed by atoms with E-state index < -0.39 is 17.5 Å². The van der Waals surface area contributed by atoms with Gasteiger partial charge in [0.2, 0.25) is 0 Å². The average Bonchev–Trinajstić information content (AvgIpc) is 3.14. The van der Waals surface area contributed by atoms with Gasteiger partial charge in [0.1, 0.15) is 12.4 Å². The number of nitrogens with zero attached hydrogens (tertiary/aromatic N) is 2. The Kier molecular flexibility index (Phi) is 6.00. The van der Waals surface area contributed by atoms with Crippen molar-refractivity contribution in [1.29, 1.82) is 0 Å². The quantitative estimate of drug-likeness (QED) is 0.701. The zero-order chi connectivity index (χ0) is 19.2. The Hall–Kier alpha value is -3.29. The molecule has 0 atom stereocenters. The largest absolute Gasteiger partial charge is 0.488 e. The van der Waals surface area contributed by atoms with E-state index in [9.17, 15) is 13.6 Å². The Labute approximate surface area is 148 Å². The fraction of sp³-hybridized carbons (Fsp3) is 0.167. The lowest BCUT2D eigenvalue weighted by Crippen LogP contribution is -2.29. The number of H-pyrrole nitrogens is 1. The van der Waals surface area contributed by atoms with E-state index in [-0.39, 0.29) is 6.61 Å². The number of carboxylic acids is 1. The van der Waals surface area contributed by atoms with Gasteiger partial charge in [-0.05, 0) is 30.7 Å². The number of hydrogen-bond acceptors (Lipinski definition) is 4. The van der Waals surface area contributed by atoms with E-state index in [0.717, 1.165) is 23.0 Å². The fourth-order valence-corrected chi connectivity index (χ4v) is 1.84. The first kappa shape index (κ1) is 19.0. The van der Waals surface area contributed by atoms with Crippen molar-refractivity contribution in [3.8, 4) is 17.1 Å². The highest BCUT2D eigenvalue weighted by atomic mass is 19.3. The predicted octanol–water partition coefficient (Wildman–Crippen LogP) is 3.63. The molecule has 8 heteroatoms. The predicted molar refractivity (Wildman–Crippen MR) is 91.9 cm³/mol. The van der Waals surface area contributed by atoms with Crippen molar-refractivity contribution in [2.24, 2.45) is 0 Å². The normalized spacial score (nSPS) is 12.3. The summed E-state index contributed by atoms with van der Waals surface area (Å²) < 4.78 is 31.9. The average molecular weight is 361 g/mol. The zero-order valence-electron chi connectivity index (χ0n) is 13.9. The second kappa shape index (κ2) is 8.19. The van der Waals surface area contributed by atoms with Crippen LogP contribution < -0.4 is 4.74 Å². The molecule has 0 saturated heterocycles. The first-order chi connectivity index (χ1) is 12.3. The second-order valence-electron chi connectivity index (χ2n) is 5.42. The SMILES string of the molecule is C=C(/C=C\C=C(/C)COc1ccc(-c2ccn[nH]2)nc1)C(F)(F)C(=O)O. The lowest BCUT2D eigenvalue weighted by Gasteiger charge is -2.10. The molecule has 2 N–H and O–H groups in total. The van der Waals surface area contributed by atoms with Crippen LogP contribution in [-0.2, 0) is 4.79 Å². The van der Waals surface area contributed by atoms with E-state index in [1.54, 1.807) is 37.5 Å². The molecular weight excluding hydrogens is 344 g/mol. The molecule has 0 radical (unpaired) electrons. The van der Waals surface area contributed by atoms with Gasteiger partial charge in [-0.2, -0.15) is 13.9 Å². The minimum atomic E-state index is -3.99. The maximum absolute atomic E-state index is 13.2. The number of aliphatic carboxylic acids is 1. The number of hydrogen-bond donors (Lipinski definition) is 2. The molecule has 0 spiro atoms. The molecule has 2 aromatic rings. The molecule has 0 fully saturated rings. The van der Waals surface area contributed by atoms with Crippen molar-refractivity contribution in [2.45, 2.75) is 12.8 Å². The molecule has 2 aromatic heterocycles. The molecule has 0 aliphatic heterocycles. The summed E-state index contributed by atoms with van der Waals surface area (Å²) in [5, 5.41) is 15.1. The summed E-state index contributed by atoms with van der Waals surface area (Å²) in [6, 6.07) is 5.32. The number of ether oxygens (including phenoxy) is 1. The number of aromatic nitrogens is 3.